The van der Waals surface area contributed by atoms with Crippen LogP contribution in [0.25, 0.3) is 0 Å². The molecule has 0 aromatic carbocycles. The predicted octanol–water partition coefficient (Wildman–Crippen LogP) is 0.817. The average Bonchev–Trinajstić information content (AvgIpc) is 2.85. The summed E-state index contributed by atoms with van der Waals surface area (Å²) >= 11 is 6.11. The smallest absolute Gasteiger partial charge is 0.275 e. The molecule has 0 saturated carbocycles. The minimum Gasteiger partial charge on any atom is -0.389 e. The van der Waals surface area contributed by atoms with Gasteiger partial charge in [0, 0.05) is 39.0 Å². The molecule has 2 atom stereocenters. The van der Waals surface area contributed by atoms with E-state index < -0.39 is 5.60 Å². The van der Waals surface area contributed by atoms with Gasteiger partial charge in [0.05, 0.1) is 16.3 Å². The molecule has 2 amide bonds. The van der Waals surface area contributed by atoms with Crippen LogP contribution in [-0.2, 0) is 4.79 Å². The number of hydrogen-bond donors (Lipinski definition) is 2. The number of amides is 2. The van der Waals surface area contributed by atoms with Gasteiger partial charge < -0.3 is 14.9 Å². The second kappa shape index (κ2) is 5.79. The van der Waals surface area contributed by atoms with Gasteiger partial charge in [-0.1, -0.05) is 11.6 Å². The number of piperidine rings is 2. The summed E-state index contributed by atoms with van der Waals surface area (Å²) in [6.07, 6.45) is 1.07. The molecule has 2 aliphatic rings. The van der Waals surface area contributed by atoms with E-state index in [9.17, 15) is 14.7 Å². The fourth-order valence-electron chi connectivity index (χ4n) is 3.48. The summed E-state index contributed by atoms with van der Waals surface area (Å²) in [7, 11) is 0. The highest BCUT2D eigenvalue weighted by atomic mass is 35.5. The van der Waals surface area contributed by atoms with Gasteiger partial charge in [0.15, 0.2) is 5.69 Å². The summed E-state index contributed by atoms with van der Waals surface area (Å²) in [6.45, 7) is 5.20. The minimum atomic E-state index is -0.798. The number of likely N-dealkylation sites (tertiary alicyclic amines) is 2. The van der Waals surface area contributed by atoms with E-state index >= 15 is 0 Å². The number of fused-ring (bicyclic) bond motifs is 1. The van der Waals surface area contributed by atoms with Crippen molar-refractivity contribution in [2.75, 3.05) is 26.2 Å². The van der Waals surface area contributed by atoms with Gasteiger partial charge in [-0.15, -0.1) is 0 Å². The lowest BCUT2D eigenvalue weighted by Gasteiger charge is -2.50. The molecule has 2 aliphatic heterocycles. The highest BCUT2D eigenvalue weighted by molar-refractivity contribution is 6.34. The number of carbonyl (C=O) groups excluding carboxylic acids is 2. The van der Waals surface area contributed by atoms with Crippen molar-refractivity contribution in [3.8, 4) is 0 Å². The Bertz CT molecular complexity index is 647. The second-order valence-corrected chi connectivity index (χ2v) is 6.91. The molecule has 0 aliphatic carbocycles. The molecule has 0 bridgehead atoms. The van der Waals surface area contributed by atoms with Crippen molar-refractivity contribution >= 4 is 23.4 Å². The first kappa shape index (κ1) is 16.3. The van der Waals surface area contributed by atoms with Gasteiger partial charge >= 0.3 is 0 Å². The van der Waals surface area contributed by atoms with Gasteiger partial charge in [-0.2, -0.15) is 5.10 Å². The fourth-order valence-corrected chi connectivity index (χ4v) is 3.65. The first-order valence-corrected chi connectivity index (χ1v) is 8.17. The third-order valence-electron chi connectivity index (χ3n) is 5.08. The van der Waals surface area contributed by atoms with Crippen LogP contribution < -0.4 is 0 Å². The maximum atomic E-state index is 12.6. The van der Waals surface area contributed by atoms with Crippen molar-refractivity contribution in [1.29, 1.82) is 0 Å². The molecule has 7 nitrogen and oxygen atoms in total. The maximum absolute atomic E-state index is 12.6. The molecule has 126 valence electrons. The third kappa shape index (κ3) is 2.83. The number of nitrogens with one attached hydrogen (secondary N) is 1. The maximum Gasteiger partial charge on any atom is 0.275 e. The predicted molar refractivity (Wildman–Crippen MR) is 84.2 cm³/mol. The lowest BCUT2D eigenvalue weighted by molar-refractivity contribution is -0.143. The Kier molecular flexibility index (Phi) is 4.10. The van der Waals surface area contributed by atoms with Crippen LogP contribution in [0.3, 0.4) is 0 Å². The number of hydrogen-bond acceptors (Lipinski definition) is 4. The Hall–Kier alpha value is -1.60. The number of aromatic nitrogens is 2. The number of halogens is 1. The Labute approximate surface area is 139 Å². The highest BCUT2D eigenvalue weighted by Gasteiger charge is 2.46. The normalized spacial score (nSPS) is 27.7. The topological polar surface area (TPSA) is 89.5 Å². The Morgan fingerprint density at radius 2 is 1.91 bits per heavy atom. The van der Waals surface area contributed by atoms with Crippen molar-refractivity contribution in [2.24, 2.45) is 5.92 Å². The zero-order valence-electron chi connectivity index (χ0n) is 13.3. The molecule has 3 heterocycles. The summed E-state index contributed by atoms with van der Waals surface area (Å²) in [5, 5.41) is 17.8. The van der Waals surface area contributed by atoms with Gasteiger partial charge in [0.1, 0.15) is 0 Å². The van der Waals surface area contributed by atoms with Crippen LogP contribution in [0, 0.1) is 12.8 Å². The molecule has 0 unspecified atom stereocenters. The first-order chi connectivity index (χ1) is 10.8. The van der Waals surface area contributed by atoms with E-state index in [-0.39, 0.29) is 23.4 Å². The van der Waals surface area contributed by atoms with Crippen LogP contribution in [-0.4, -0.2) is 68.7 Å². The minimum absolute atomic E-state index is 0.00136. The summed E-state index contributed by atoms with van der Waals surface area (Å²) in [5.74, 6) is -0.375. The fraction of sp³-hybridized carbons (Fsp3) is 0.667. The van der Waals surface area contributed by atoms with Crippen LogP contribution in [0.1, 0.15) is 35.9 Å². The molecule has 23 heavy (non-hydrogen) atoms. The lowest BCUT2D eigenvalue weighted by atomic mass is 9.75. The van der Waals surface area contributed by atoms with Crippen molar-refractivity contribution in [1.82, 2.24) is 20.0 Å². The standard InChI is InChI=1S/C15H21ClN4O3/c1-9-12(16)13(18-17-9)14(22)20-6-4-15(23)3-5-19(10(2)21)7-11(15)8-20/h11,23H,3-8H2,1-2H3,(H,17,18)/t11-,15-/m1/s1. The zero-order valence-corrected chi connectivity index (χ0v) is 14.1. The monoisotopic (exact) mass is 340 g/mol. The van der Waals surface area contributed by atoms with E-state index in [0.717, 1.165) is 0 Å². The molecule has 0 spiro atoms. The number of rotatable bonds is 1. The molecule has 1 aromatic heterocycles. The van der Waals surface area contributed by atoms with Crippen LogP contribution in [0.4, 0.5) is 0 Å². The van der Waals surface area contributed by atoms with Gasteiger partial charge in [-0.3, -0.25) is 14.7 Å². The van der Waals surface area contributed by atoms with Gasteiger partial charge in [0.2, 0.25) is 5.91 Å². The molecular weight excluding hydrogens is 320 g/mol. The van der Waals surface area contributed by atoms with Crippen molar-refractivity contribution in [3.63, 3.8) is 0 Å². The van der Waals surface area contributed by atoms with Crippen molar-refractivity contribution in [2.45, 2.75) is 32.3 Å². The number of aromatic amines is 1. The highest BCUT2D eigenvalue weighted by Crippen LogP contribution is 2.36. The zero-order chi connectivity index (χ0) is 16.8. The Morgan fingerprint density at radius 3 is 2.48 bits per heavy atom. The van der Waals surface area contributed by atoms with E-state index in [1.54, 1.807) is 16.7 Å². The quantitative estimate of drug-likeness (QED) is 0.792. The van der Waals surface area contributed by atoms with Crippen LogP contribution in [0.15, 0.2) is 0 Å². The van der Waals surface area contributed by atoms with E-state index in [0.29, 0.717) is 49.7 Å². The number of nitrogens with zero attached hydrogens (tertiary/aromatic N) is 3. The molecular formula is C15H21ClN4O3. The van der Waals surface area contributed by atoms with Crippen molar-refractivity contribution < 1.29 is 14.7 Å². The number of aryl methyl sites for hydroxylation is 1. The molecule has 0 radical (unpaired) electrons. The average molecular weight is 341 g/mol. The molecule has 2 fully saturated rings. The molecule has 8 heteroatoms. The number of carbonyl (C=O) groups is 2. The van der Waals surface area contributed by atoms with E-state index in [4.69, 9.17) is 11.6 Å². The van der Waals surface area contributed by atoms with Crippen LogP contribution >= 0.6 is 11.6 Å². The molecule has 1 aromatic rings. The third-order valence-corrected chi connectivity index (χ3v) is 5.54. The summed E-state index contributed by atoms with van der Waals surface area (Å²) in [4.78, 5) is 27.6. The Balaban J connectivity index is 1.76. The molecule has 2 saturated heterocycles. The first-order valence-electron chi connectivity index (χ1n) is 7.79. The van der Waals surface area contributed by atoms with Crippen molar-refractivity contribution in [3.05, 3.63) is 16.4 Å². The largest absolute Gasteiger partial charge is 0.389 e. The Morgan fingerprint density at radius 1 is 1.30 bits per heavy atom. The summed E-state index contributed by atoms with van der Waals surface area (Å²) in [6, 6.07) is 0. The van der Waals surface area contributed by atoms with Gasteiger partial charge in [-0.25, -0.2) is 0 Å². The SMILES string of the molecule is CC(=O)N1CC[C@@]2(O)CCN(C(=O)c3n[nH]c(C)c3Cl)C[C@H]2C1. The number of aliphatic hydroxyl groups is 1. The number of H-pyrrole nitrogens is 1. The van der Waals surface area contributed by atoms with E-state index in [1.807, 2.05) is 0 Å². The van der Waals surface area contributed by atoms with E-state index in [2.05, 4.69) is 10.2 Å². The lowest BCUT2D eigenvalue weighted by Crippen LogP contribution is -2.61. The van der Waals surface area contributed by atoms with Gasteiger partial charge in [-0.05, 0) is 19.8 Å². The second-order valence-electron chi connectivity index (χ2n) is 6.53. The van der Waals surface area contributed by atoms with Gasteiger partial charge in [0.25, 0.3) is 5.91 Å². The molecule has 2 N–H and O–H groups in total. The van der Waals surface area contributed by atoms with Crippen LogP contribution in [0.5, 0.6) is 0 Å². The summed E-state index contributed by atoms with van der Waals surface area (Å²) < 4.78 is 0. The molecule has 3 rings (SSSR count). The van der Waals surface area contributed by atoms with E-state index in [1.165, 1.54) is 6.92 Å². The van der Waals surface area contributed by atoms with Crippen LogP contribution in [0.2, 0.25) is 5.02 Å². The summed E-state index contributed by atoms with van der Waals surface area (Å²) in [5.41, 5.74) is 0.0754.